The van der Waals surface area contributed by atoms with Gasteiger partial charge in [-0.3, -0.25) is 14.6 Å². The van der Waals surface area contributed by atoms with Gasteiger partial charge in [0.05, 0.1) is 30.4 Å². The molecule has 0 saturated carbocycles. The van der Waals surface area contributed by atoms with Gasteiger partial charge < -0.3 is 10.2 Å². The van der Waals surface area contributed by atoms with Gasteiger partial charge in [-0.2, -0.15) is 0 Å². The summed E-state index contributed by atoms with van der Waals surface area (Å²) in [7, 11) is 0. The molecule has 1 unspecified atom stereocenters. The molecule has 2 amide bonds. The number of likely N-dealkylation sites (tertiary alicyclic amines) is 1. The van der Waals surface area contributed by atoms with Crippen LogP contribution in [0.1, 0.15) is 42.8 Å². The summed E-state index contributed by atoms with van der Waals surface area (Å²) < 4.78 is 13.3. The molecule has 0 aliphatic carbocycles. The molecule has 1 saturated heterocycles. The van der Waals surface area contributed by atoms with Crippen LogP contribution in [0.25, 0.3) is 0 Å². The smallest absolute Gasteiger partial charge is 0.227 e. The fraction of sp³-hybridized carbons (Fsp3) is 0.350. The molecule has 2 aromatic rings. The maximum Gasteiger partial charge on any atom is 0.227 e. The largest absolute Gasteiger partial charge is 0.351 e. The van der Waals surface area contributed by atoms with Crippen LogP contribution >= 0.6 is 0 Å². The van der Waals surface area contributed by atoms with Gasteiger partial charge in [-0.05, 0) is 42.7 Å². The van der Waals surface area contributed by atoms with E-state index < -0.39 is 0 Å². The minimum absolute atomic E-state index is 0.0211. The van der Waals surface area contributed by atoms with Crippen molar-refractivity contribution in [3.05, 3.63) is 65.2 Å². The molecular weight excluding hydrogens is 333 g/mol. The van der Waals surface area contributed by atoms with Gasteiger partial charge in [0.15, 0.2) is 0 Å². The van der Waals surface area contributed by atoms with Crippen molar-refractivity contribution in [2.45, 2.75) is 38.8 Å². The van der Waals surface area contributed by atoms with Gasteiger partial charge in [0.25, 0.3) is 0 Å². The average Bonchev–Trinajstić information content (AvgIpc) is 3.10. The van der Waals surface area contributed by atoms with E-state index in [-0.39, 0.29) is 30.1 Å². The molecule has 0 radical (unpaired) electrons. The zero-order chi connectivity index (χ0) is 18.5. The van der Waals surface area contributed by atoms with E-state index in [1.54, 1.807) is 12.1 Å². The van der Waals surface area contributed by atoms with Crippen molar-refractivity contribution in [1.29, 1.82) is 0 Å². The van der Waals surface area contributed by atoms with Crippen LogP contribution in [0.2, 0.25) is 0 Å². The Labute approximate surface area is 152 Å². The van der Waals surface area contributed by atoms with Crippen LogP contribution < -0.4 is 5.32 Å². The number of aromatic nitrogens is 1. The third-order valence-corrected chi connectivity index (χ3v) is 4.51. The molecule has 5 nitrogen and oxygen atoms in total. The van der Waals surface area contributed by atoms with E-state index in [4.69, 9.17) is 0 Å². The Morgan fingerprint density at radius 2 is 2.08 bits per heavy atom. The van der Waals surface area contributed by atoms with Crippen LogP contribution in [0.15, 0.2) is 42.5 Å². The lowest BCUT2D eigenvalue weighted by molar-refractivity contribution is -0.131. The molecule has 136 valence electrons. The van der Waals surface area contributed by atoms with Gasteiger partial charge in [0.2, 0.25) is 11.8 Å². The number of nitrogens with zero attached hydrogens (tertiary/aromatic N) is 2. The second kappa shape index (κ2) is 8.08. The molecule has 1 N–H and O–H groups in total. The first-order chi connectivity index (χ1) is 12.5. The van der Waals surface area contributed by atoms with Crippen LogP contribution in [-0.4, -0.2) is 28.2 Å². The van der Waals surface area contributed by atoms with Gasteiger partial charge in [-0.25, -0.2) is 4.39 Å². The Balaban J connectivity index is 1.72. The number of rotatable bonds is 5. The Hall–Kier alpha value is -2.76. The lowest BCUT2D eigenvalue weighted by Gasteiger charge is -2.25. The van der Waals surface area contributed by atoms with Crippen LogP contribution in [-0.2, 0) is 22.6 Å². The van der Waals surface area contributed by atoms with Gasteiger partial charge in [-0.15, -0.1) is 0 Å². The summed E-state index contributed by atoms with van der Waals surface area (Å²) >= 11 is 0. The van der Waals surface area contributed by atoms with Crippen LogP contribution in [0.4, 0.5) is 4.39 Å². The number of benzene rings is 1. The Morgan fingerprint density at radius 1 is 1.27 bits per heavy atom. The summed E-state index contributed by atoms with van der Waals surface area (Å²) in [5, 5.41) is 2.73. The summed E-state index contributed by atoms with van der Waals surface area (Å²) in [6, 6.07) is 11.7. The van der Waals surface area contributed by atoms with Crippen molar-refractivity contribution in [3.8, 4) is 0 Å². The maximum atomic E-state index is 13.3. The quantitative estimate of drug-likeness (QED) is 0.897. The minimum Gasteiger partial charge on any atom is -0.351 e. The molecule has 1 aromatic carbocycles. The topological polar surface area (TPSA) is 62.3 Å². The van der Waals surface area contributed by atoms with Crippen molar-refractivity contribution in [3.63, 3.8) is 0 Å². The average molecular weight is 355 g/mol. The number of nitrogens with one attached hydrogen (secondary N) is 1. The number of halogens is 1. The third kappa shape index (κ3) is 4.45. The van der Waals surface area contributed by atoms with Crippen molar-refractivity contribution in [2.24, 2.45) is 0 Å². The van der Waals surface area contributed by atoms with Gasteiger partial charge in [-0.1, -0.05) is 18.2 Å². The van der Waals surface area contributed by atoms with E-state index in [0.29, 0.717) is 18.7 Å². The molecule has 1 fully saturated rings. The Kier molecular flexibility index (Phi) is 5.61. The van der Waals surface area contributed by atoms with E-state index in [1.807, 2.05) is 23.1 Å². The van der Waals surface area contributed by atoms with E-state index in [1.165, 1.54) is 19.1 Å². The first-order valence-electron chi connectivity index (χ1n) is 8.77. The minimum atomic E-state index is -0.333. The van der Waals surface area contributed by atoms with Crippen molar-refractivity contribution in [1.82, 2.24) is 15.2 Å². The number of amides is 2. The Bertz CT molecular complexity index is 809. The molecule has 1 aliphatic heterocycles. The standard InChI is InChI=1S/C20H22FN3O2/c1-14(25)22-13-17-7-3-8-18(23-17)19-9-4-10-24(19)20(26)12-15-5-2-6-16(21)11-15/h2-3,5-8,11,19H,4,9-10,12-13H2,1H3,(H,22,25). The Morgan fingerprint density at radius 3 is 2.85 bits per heavy atom. The summed E-state index contributed by atoms with van der Waals surface area (Å²) in [6.45, 7) is 2.51. The number of carbonyl (C=O) groups is 2. The van der Waals surface area contributed by atoms with Gasteiger partial charge >= 0.3 is 0 Å². The first-order valence-corrected chi connectivity index (χ1v) is 8.77. The molecule has 3 rings (SSSR count). The van der Waals surface area contributed by atoms with E-state index in [2.05, 4.69) is 10.3 Å². The fourth-order valence-electron chi connectivity index (χ4n) is 3.29. The van der Waals surface area contributed by atoms with Crippen molar-refractivity contribution >= 4 is 11.8 Å². The molecule has 6 heteroatoms. The molecule has 0 spiro atoms. The van der Waals surface area contributed by atoms with E-state index in [9.17, 15) is 14.0 Å². The molecule has 1 atom stereocenters. The highest BCUT2D eigenvalue weighted by Crippen LogP contribution is 2.31. The first kappa shape index (κ1) is 18.0. The summed E-state index contributed by atoms with van der Waals surface area (Å²) in [5.41, 5.74) is 2.27. The summed E-state index contributed by atoms with van der Waals surface area (Å²) in [6.07, 6.45) is 1.95. The lowest BCUT2D eigenvalue weighted by atomic mass is 10.1. The number of hydrogen-bond donors (Lipinski definition) is 1. The molecule has 26 heavy (non-hydrogen) atoms. The monoisotopic (exact) mass is 355 g/mol. The van der Waals surface area contributed by atoms with Crippen LogP contribution in [0.3, 0.4) is 0 Å². The third-order valence-electron chi connectivity index (χ3n) is 4.51. The maximum absolute atomic E-state index is 13.3. The van der Waals surface area contributed by atoms with Crippen molar-refractivity contribution in [2.75, 3.05) is 6.54 Å². The molecular formula is C20H22FN3O2. The zero-order valence-electron chi connectivity index (χ0n) is 14.7. The predicted octanol–water partition coefficient (Wildman–Crippen LogP) is 2.76. The van der Waals surface area contributed by atoms with Gasteiger partial charge in [0.1, 0.15) is 5.82 Å². The lowest BCUT2D eigenvalue weighted by Crippen LogP contribution is -2.32. The normalized spacial score (nSPS) is 16.5. The molecule has 0 bridgehead atoms. The van der Waals surface area contributed by atoms with Gasteiger partial charge in [0, 0.05) is 13.5 Å². The summed E-state index contributed by atoms with van der Waals surface area (Å²) in [5.74, 6) is -0.460. The zero-order valence-corrected chi connectivity index (χ0v) is 14.7. The molecule has 2 heterocycles. The fourth-order valence-corrected chi connectivity index (χ4v) is 3.29. The summed E-state index contributed by atoms with van der Waals surface area (Å²) in [4.78, 5) is 30.2. The number of hydrogen-bond acceptors (Lipinski definition) is 3. The second-order valence-corrected chi connectivity index (χ2v) is 6.52. The van der Waals surface area contributed by atoms with E-state index in [0.717, 1.165) is 24.2 Å². The second-order valence-electron chi connectivity index (χ2n) is 6.52. The molecule has 1 aromatic heterocycles. The highest BCUT2D eigenvalue weighted by molar-refractivity contribution is 5.79. The van der Waals surface area contributed by atoms with E-state index >= 15 is 0 Å². The SMILES string of the molecule is CC(=O)NCc1cccc(C2CCCN2C(=O)Cc2cccc(F)c2)n1. The van der Waals surface area contributed by atoms with Crippen molar-refractivity contribution < 1.29 is 14.0 Å². The van der Waals surface area contributed by atoms with Crippen LogP contribution in [0, 0.1) is 5.82 Å². The van der Waals surface area contributed by atoms with Crippen LogP contribution in [0.5, 0.6) is 0 Å². The highest BCUT2D eigenvalue weighted by atomic mass is 19.1. The molecule has 1 aliphatic rings. The number of carbonyl (C=O) groups excluding carboxylic acids is 2. The predicted molar refractivity (Wildman–Crippen MR) is 95.5 cm³/mol. The number of pyridine rings is 1. The highest BCUT2D eigenvalue weighted by Gasteiger charge is 2.30.